The molecule has 0 radical (unpaired) electrons. The summed E-state index contributed by atoms with van der Waals surface area (Å²) in [6, 6.07) is 3.77. The molecule has 0 aliphatic carbocycles. The second-order valence-electron chi connectivity index (χ2n) is 7.21. The van der Waals surface area contributed by atoms with Crippen LogP contribution in [0.2, 0.25) is 0 Å². The van der Waals surface area contributed by atoms with Crippen LogP contribution >= 0.6 is 0 Å². The first-order valence-electron chi connectivity index (χ1n) is 8.40. The largest absolute Gasteiger partial charge is 0.460 e. The molecule has 0 saturated carbocycles. The Morgan fingerprint density at radius 2 is 1.74 bits per heavy atom. The topological polar surface area (TPSA) is 119 Å². The third-order valence-corrected chi connectivity index (χ3v) is 4.80. The number of hydrogen-bond donors (Lipinski definition) is 2. The van der Waals surface area contributed by atoms with Gasteiger partial charge in [-0.15, -0.1) is 0 Å². The van der Waals surface area contributed by atoms with Gasteiger partial charge in [0, 0.05) is 0 Å². The molecule has 0 aliphatic heterocycles. The van der Waals surface area contributed by atoms with Crippen molar-refractivity contribution in [3.05, 3.63) is 29.8 Å². The second kappa shape index (κ2) is 9.09. The summed E-state index contributed by atoms with van der Waals surface area (Å²) in [6.45, 7) is 8.22. The number of aldehydes is 1. The van der Waals surface area contributed by atoms with E-state index in [1.807, 2.05) is 6.92 Å². The van der Waals surface area contributed by atoms with Gasteiger partial charge in [-0.3, -0.25) is 9.59 Å². The molecule has 150 valence electrons. The van der Waals surface area contributed by atoms with Crippen molar-refractivity contribution in [2.24, 2.45) is 0 Å². The van der Waals surface area contributed by atoms with Gasteiger partial charge in [0.15, 0.2) is 0 Å². The lowest BCUT2D eigenvalue weighted by Crippen LogP contribution is -2.50. The van der Waals surface area contributed by atoms with Gasteiger partial charge in [0.2, 0.25) is 15.9 Å². The number of sulfonamides is 1. The molecule has 0 aromatic heterocycles. The zero-order chi connectivity index (χ0) is 20.8. The fraction of sp³-hybridized carbons (Fsp3) is 0.500. The van der Waals surface area contributed by atoms with Gasteiger partial charge in [-0.25, -0.2) is 8.42 Å². The SMILES string of the molecule is Cc1ccc(S(=O)(=O)NC(CC(=O)OC(C)(C)C)C(=O)NC(C)C=O)cc1. The minimum atomic E-state index is -4.06. The quantitative estimate of drug-likeness (QED) is 0.500. The third kappa shape index (κ3) is 7.88. The maximum Gasteiger partial charge on any atom is 0.308 e. The number of nitrogens with one attached hydrogen (secondary N) is 2. The summed E-state index contributed by atoms with van der Waals surface area (Å²) in [6.07, 6.45) is -0.0172. The van der Waals surface area contributed by atoms with Crippen LogP contribution in [0.15, 0.2) is 29.2 Å². The van der Waals surface area contributed by atoms with Crippen LogP contribution in [0.5, 0.6) is 0 Å². The highest BCUT2D eigenvalue weighted by molar-refractivity contribution is 7.89. The van der Waals surface area contributed by atoms with Crippen LogP contribution in [0.1, 0.15) is 39.7 Å². The normalized spacial score (nSPS) is 14.1. The molecule has 0 spiro atoms. The van der Waals surface area contributed by atoms with Gasteiger partial charge in [0.05, 0.1) is 17.4 Å². The molecule has 2 atom stereocenters. The van der Waals surface area contributed by atoms with E-state index in [9.17, 15) is 22.8 Å². The first kappa shape index (κ1) is 22.8. The number of carbonyl (C=O) groups excluding carboxylic acids is 3. The third-order valence-electron chi connectivity index (χ3n) is 3.31. The zero-order valence-electron chi connectivity index (χ0n) is 16.1. The van der Waals surface area contributed by atoms with E-state index in [-0.39, 0.29) is 4.90 Å². The van der Waals surface area contributed by atoms with Gasteiger partial charge in [0.25, 0.3) is 0 Å². The fourth-order valence-corrected chi connectivity index (χ4v) is 3.26. The molecule has 1 amide bonds. The molecule has 0 fully saturated rings. The van der Waals surface area contributed by atoms with E-state index in [4.69, 9.17) is 4.74 Å². The maximum atomic E-state index is 12.6. The standard InChI is InChI=1S/C18H26N2O6S/c1-12-6-8-14(9-7-12)27(24,25)20-15(17(23)19-13(2)11-21)10-16(22)26-18(3,4)5/h6-9,11,13,15,20H,10H2,1-5H3,(H,19,23). The lowest BCUT2D eigenvalue weighted by molar-refractivity contribution is -0.156. The molecule has 2 unspecified atom stereocenters. The number of ether oxygens (including phenoxy) is 1. The summed E-state index contributed by atoms with van der Waals surface area (Å²) in [7, 11) is -4.06. The Morgan fingerprint density at radius 1 is 1.19 bits per heavy atom. The molecule has 0 bridgehead atoms. The number of aryl methyl sites for hydroxylation is 1. The molecule has 1 aromatic carbocycles. The summed E-state index contributed by atoms with van der Waals surface area (Å²) in [5.74, 6) is -1.54. The molecular formula is C18H26N2O6S. The van der Waals surface area contributed by atoms with Gasteiger partial charge < -0.3 is 14.8 Å². The summed E-state index contributed by atoms with van der Waals surface area (Å²) >= 11 is 0. The number of hydrogen-bond acceptors (Lipinski definition) is 6. The predicted molar refractivity (Wildman–Crippen MR) is 99.4 cm³/mol. The minimum Gasteiger partial charge on any atom is -0.460 e. The maximum absolute atomic E-state index is 12.6. The lowest BCUT2D eigenvalue weighted by atomic mass is 10.1. The van der Waals surface area contributed by atoms with Crippen LogP contribution in [0.25, 0.3) is 0 Å². The van der Waals surface area contributed by atoms with E-state index in [0.29, 0.717) is 6.29 Å². The molecule has 0 aliphatic rings. The summed E-state index contributed by atoms with van der Waals surface area (Å²) < 4.78 is 32.5. The first-order chi connectivity index (χ1) is 12.3. The van der Waals surface area contributed by atoms with Crippen LogP contribution in [0.4, 0.5) is 0 Å². The molecular weight excluding hydrogens is 372 g/mol. The predicted octanol–water partition coefficient (Wildman–Crippen LogP) is 1.08. The molecule has 27 heavy (non-hydrogen) atoms. The highest BCUT2D eigenvalue weighted by Crippen LogP contribution is 2.13. The van der Waals surface area contributed by atoms with Gasteiger partial charge in [-0.1, -0.05) is 17.7 Å². The highest BCUT2D eigenvalue weighted by Gasteiger charge is 2.30. The molecule has 1 rings (SSSR count). The van der Waals surface area contributed by atoms with E-state index in [1.54, 1.807) is 32.9 Å². The average molecular weight is 398 g/mol. The molecule has 8 nitrogen and oxygen atoms in total. The van der Waals surface area contributed by atoms with Crippen molar-refractivity contribution in [3.8, 4) is 0 Å². The molecule has 1 aromatic rings. The van der Waals surface area contributed by atoms with E-state index in [0.717, 1.165) is 5.56 Å². The van der Waals surface area contributed by atoms with Crippen molar-refractivity contribution in [3.63, 3.8) is 0 Å². The van der Waals surface area contributed by atoms with Gasteiger partial charge in [0.1, 0.15) is 17.9 Å². The van der Waals surface area contributed by atoms with Crippen molar-refractivity contribution in [2.45, 2.75) is 63.6 Å². The Kier molecular flexibility index (Phi) is 7.67. The van der Waals surface area contributed by atoms with Crippen molar-refractivity contribution in [2.75, 3.05) is 0 Å². The highest BCUT2D eigenvalue weighted by atomic mass is 32.2. The van der Waals surface area contributed by atoms with Crippen LogP contribution < -0.4 is 10.0 Å². The Balaban J connectivity index is 3.05. The lowest BCUT2D eigenvalue weighted by Gasteiger charge is -2.23. The average Bonchev–Trinajstić information content (AvgIpc) is 2.52. The smallest absolute Gasteiger partial charge is 0.308 e. The van der Waals surface area contributed by atoms with E-state index in [1.165, 1.54) is 19.1 Å². The van der Waals surface area contributed by atoms with Crippen molar-refractivity contribution in [1.29, 1.82) is 0 Å². The Bertz CT molecular complexity index is 781. The summed E-state index contributed by atoms with van der Waals surface area (Å²) in [5, 5.41) is 2.34. The molecule has 9 heteroatoms. The summed E-state index contributed by atoms with van der Waals surface area (Å²) in [5.41, 5.74) is 0.0844. The minimum absolute atomic E-state index is 0.0430. The fourth-order valence-electron chi connectivity index (χ4n) is 2.07. The van der Waals surface area contributed by atoms with Gasteiger partial charge >= 0.3 is 5.97 Å². The van der Waals surface area contributed by atoms with E-state index < -0.39 is 46.0 Å². The molecule has 0 heterocycles. The van der Waals surface area contributed by atoms with Crippen LogP contribution in [0.3, 0.4) is 0 Å². The summed E-state index contributed by atoms with van der Waals surface area (Å²) in [4.78, 5) is 35.2. The number of rotatable bonds is 8. The molecule has 2 N–H and O–H groups in total. The number of amides is 1. The van der Waals surface area contributed by atoms with E-state index in [2.05, 4.69) is 10.0 Å². The van der Waals surface area contributed by atoms with Gasteiger partial charge in [-0.05, 0) is 46.8 Å². The number of benzene rings is 1. The second-order valence-corrected chi connectivity index (χ2v) is 8.92. The Labute approximate surface area is 159 Å². The Morgan fingerprint density at radius 3 is 2.22 bits per heavy atom. The van der Waals surface area contributed by atoms with Gasteiger partial charge in [-0.2, -0.15) is 4.72 Å². The zero-order valence-corrected chi connectivity index (χ0v) is 16.9. The van der Waals surface area contributed by atoms with Crippen molar-refractivity contribution >= 4 is 28.2 Å². The first-order valence-corrected chi connectivity index (χ1v) is 9.89. The van der Waals surface area contributed by atoms with Crippen molar-refractivity contribution < 1.29 is 27.5 Å². The van der Waals surface area contributed by atoms with E-state index >= 15 is 0 Å². The molecule has 0 saturated heterocycles. The van der Waals surface area contributed by atoms with Crippen LogP contribution in [-0.4, -0.2) is 44.3 Å². The Hall–Kier alpha value is -2.26. The van der Waals surface area contributed by atoms with Crippen LogP contribution in [0, 0.1) is 6.92 Å². The number of carbonyl (C=O) groups is 3. The monoisotopic (exact) mass is 398 g/mol. The number of esters is 1. The van der Waals surface area contributed by atoms with Crippen LogP contribution in [-0.2, 0) is 29.1 Å². The van der Waals surface area contributed by atoms with Crippen molar-refractivity contribution in [1.82, 2.24) is 10.0 Å².